The number of nitrogens with one attached hydrogen (secondary N) is 1. The minimum Gasteiger partial charge on any atom is -0.380 e. The molecule has 0 aliphatic heterocycles. The molecule has 2 atom stereocenters. The quantitative estimate of drug-likeness (QED) is 0.790. The van der Waals surface area contributed by atoms with Gasteiger partial charge in [-0.3, -0.25) is 4.98 Å². The molecule has 1 N–H and O–H groups in total. The predicted molar refractivity (Wildman–Crippen MR) is 70.9 cm³/mol. The Morgan fingerprint density at radius 1 is 1.35 bits per heavy atom. The zero-order chi connectivity index (χ0) is 12.7. The van der Waals surface area contributed by atoms with Gasteiger partial charge >= 0.3 is 0 Å². The zero-order valence-corrected chi connectivity index (χ0v) is 11.3. The summed E-state index contributed by atoms with van der Waals surface area (Å²) in [4.78, 5) is 4.15. The molecular formula is C14H24N2O. The molecule has 0 fully saturated rings. The van der Waals surface area contributed by atoms with Crippen molar-refractivity contribution in [3.05, 3.63) is 30.1 Å². The van der Waals surface area contributed by atoms with Gasteiger partial charge in [-0.1, -0.05) is 19.9 Å². The fraction of sp³-hybridized carbons (Fsp3) is 0.643. The van der Waals surface area contributed by atoms with E-state index < -0.39 is 0 Å². The highest BCUT2D eigenvalue weighted by atomic mass is 16.5. The van der Waals surface area contributed by atoms with Gasteiger partial charge < -0.3 is 10.1 Å². The minimum absolute atomic E-state index is 0.302. The molecule has 2 unspecified atom stereocenters. The maximum atomic E-state index is 5.52. The molecule has 0 bridgehead atoms. The highest BCUT2D eigenvalue weighted by Crippen LogP contribution is 2.13. The lowest BCUT2D eigenvalue weighted by atomic mass is 10.0. The summed E-state index contributed by atoms with van der Waals surface area (Å²) in [5.74, 6) is 0.556. The van der Waals surface area contributed by atoms with Gasteiger partial charge in [-0.25, -0.2) is 0 Å². The lowest BCUT2D eigenvalue weighted by molar-refractivity contribution is 0.104. The van der Waals surface area contributed by atoms with Gasteiger partial charge in [0.15, 0.2) is 0 Å². The van der Waals surface area contributed by atoms with Crippen molar-refractivity contribution in [1.82, 2.24) is 10.3 Å². The molecule has 1 aromatic heterocycles. The van der Waals surface area contributed by atoms with E-state index >= 15 is 0 Å². The predicted octanol–water partition coefficient (Wildman–Crippen LogP) is 2.79. The molecule has 3 nitrogen and oxygen atoms in total. The average molecular weight is 236 g/mol. The van der Waals surface area contributed by atoms with Crippen LogP contribution >= 0.6 is 0 Å². The number of nitrogens with zero attached hydrogens (tertiary/aromatic N) is 1. The topological polar surface area (TPSA) is 34.1 Å². The molecule has 1 aromatic rings. The van der Waals surface area contributed by atoms with Crippen molar-refractivity contribution >= 4 is 0 Å². The van der Waals surface area contributed by atoms with Crippen molar-refractivity contribution < 1.29 is 4.74 Å². The Bertz CT molecular complexity index is 300. The van der Waals surface area contributed by atoms with Gasteiger partial charge in [-0.2, -0.15) is 0 Å². The largest absolute Gasteiger partial charge is 0.380 e. The first-order chi connectivity index (χ1) is 8.15. The monoisotopic (exact) mass is 236 g/mol. The van der Waals surface area contributed by atoms with Crippen molar-refractivity contribution in [3.63, 3.8) is 0 Å². The summed E-state index contributed by atoms with van der Waals surface area (Å²) in [5.41, 5.74) is 1.22. The molecule has 17 heavy (non-hydrogen) atoms. The third kappa shape index (κ3) is 4.84. The fourth-order valence-electron chi connectivity index (χ4n) is 1.73. The molecule has 96 valence electrons. The SMILES string of the molecule is CCOCC(NC(C)c1cccnc1)C(C)C. The van der Waals surface area contributed by atoms with E-state index in [1.165, 1.54) is 5.56 Å². The van der Waals surface area contributed by atoms with Crippen LogP contribution in [0, 0.1) is 5.92 Å². The molecule has 1 heterocycles. The first kappa shape index (κ1) is 14.1. The second kappa shape index (κ2) is 7.41. The van der Waals surface area contributed by atoms with Crippen LogP contribution in [0.5, 0.6) is 0 Å². The van der Waals surface area contributed by atoms with Gasteiger partial charge in [0.25, 0.3) is 0 Å². The molecule has 3 heteroatoms. The van der Waals surface area contributed by atoms with Crippen molar-refractivity contribution in [3.8, 4) is 0 Å². The van der Waals surface area contributed by atoms with Gasteiger partial charge in [0.05, 0.1) is 6.61 Å². The Hall–Kier alpha value is -0.930. The number of aromatic nitrogens is 1. The number of pyridine rings is 1. The van der Waals surface area contributed by atoms with Crippen molar-refractivity contribution in [2.24, 2.45) is 5.92 Å². The summed E-state index contributed by atoms with van der Waals surface area (Å²) in [5, 5.41) is 3.60. The van der Waals surface area contributed by atoms with Crippen LogP contribution in [0.15, 0.2) is 24.5 Å². The van der Waals surface area contributed by atoms with E-state index in [1.807, 2.05) is 19.2 Å². The van der Waals surface area contributed by atoms with E-state index in [1.54, 1.807) is 6.20 Å². The number of hydrogen-bond acceptors (Lipinski definition) is 3. The standard InChI is InChI=1S/C14H24N2O/c1-5-17-10-14(11(2)3)16-12(4)13-7-6-8-15-9-13/h6-9,11-12,14,16H,5,10H2,1-4H3. The van der Waals surface area contributed by atoms with Gasteiger partial charge in [-0.05, 0) is 31.4 Å². The number of ether oxygens (including phenoxy) is 1. The van der Waals surface area contributed by atoms with Crippen LogP contribution in [-0.4, -0.2) is 24.2 Å². The Balaban J connectivity index is 2.54. The zero-order valence-electron chi connectivity index (χ0n) is 11.3. The van der Waals surface area contributed by atoms with E-state index in [0.717, 1.165) is 13.2 Å². The maximum Gasteiger partial charge on any atom is 0.0622 e. The summed E-state index contributed by atoms with van der Waals surface area (Å²) >= 11 is 0. The molecule has 0 aliphatic rings. The first-order valence-electron chi connectivity index (χ1n) is 6.38. The van der Waals surface area contributed by atoms with Crippen molar-refractivity contribution in [2.45, 2.75) is 39.8 Å². The normalized spacial score (nSPS) is 14.9. The Morgan fingerprint density at radius 3 is 2.65 bits per heavy atom. The van der Waals surface area contributed by atoms with Gasteiger partial charge in [-0.15, -0.1) is 0 Å². The highest BCUT2D eigenvalue weighted by molar-refractivity contribution is 5.13. The van der Waals surface area contributed by atoms with E-state index in [4.69, 9.17) is 4.74 Å². The van der Waals surface area contributed by atoms with Crippen molar-refractivity contribution in [1.29, 1.82) is 0 Å². The van der Waals surface area contributed by atoms with E-state index in [-0.39, 0.29) is 0 Å². The van der Waals surface area contributed by atoms with Crippen LogP contribution in [0.2, 0.25) is 0 Å². The van der Waals surface area contributed by atoms with Crippen LogP contribution in [0.3, 0.4) is 0 Å². The molecule has 0 aliphatic carbocycles. The molecule has 0 amide bonds. The summed E-state index contributed by atoms with van der Waals surface area (Å²) < 4.78 is 5.52. The Labute approximate surface area is 105 Å². The van der Waals surface area contributed by atoms with Gasteiger partial charge in [0, 0.05) is 31.1 Å². The lowest BCUT2D eigenvalue weighted by Crippen LogP contribution is -2.39. The Morgan fingerprint density at radius 2 is 2.12 bits per heavy atom. The van der Waals surface area contributed by atoms with Gasteiger partial charge in [0.2, 0.25) is 0 Å². The minimum atomic E-state index is 0.302. The fourth-order valence-corrected chi connectivity index (χ4v) is 1.73. The molecule has 0 radical (unpaired) electrons. The van der Waals surface area contributed by atoms with Crippen LogP contribution in [0.1, 0.15) is 39.3 Å². The van der Waals surface area contributed by atoms with E-state index in [9.17, 15) is 0 Å². The second-order valence-electron chi connectivity index (χ2n) is 4.68. The summed E-state index contributed by atoms with van der Waals surface area (Å²) in [6.07, 6.45) is 3.71. The highest BCUT2D eigenvalue weighted by Gasteiger charge is 2.16. The summed E-state index contributed by atoms with van der Waals surface area (Å²) in [6, 6.07) is 4.75. The smallest absolute Gasteiger partial charge is 0.0622 e. The van der Waals surface area contributed by atoms with Crippen LogP contribution in [-0.2, 0) is 4.74 Å². The summed E-state index contributed by atoms with van der Waals surface area (Å²) in [6.45, 7) is 10.2. The molecule has 1 rings (SSSR count). The Kier molecular flexibility index (Phi) is 6.16. The molecule has 0 saturated heterocycles. The van der Waals surface area contributed by atoms with Crippen LogP contribution in [0.25, 0.3) is 0 Å². The number of hydrogen-bond donors (Lipinski definition) is 1. The van der Waals surface area contributed by atoms with Crippen LogP contribution < -0.4 is 5.32 Å². The third-order valence-corrected chi connectivity index (χ3v) is 2.95. The molecule has 0 aromatic carbocycles. The number of rotatable bonds is 7. The molecule has 0 spiro atoms. The lowest BCUT2D eigenvalue weighted by Gasteiger charge is -2.26. The first-order valence-corrected chi connectivity index (χ1v) is 6.38. The van der Waals surface area contributed by atoms with E-state index in [2.05, 4.69) is 37.1 Å². The van der Waals surface area contributed by atoms with Crippen molar-refractivity contribution in [2.75, 3.05) is 13.2 Å². The van der Waals surface area contributed by atoms with Gasteiger partial charge in [0.1, 0.15) is 0 Å². The van der Waals surface area contributed by atoms with Crippen LogP contribution in [0.4, 0.5) is 0 Å². The molecular weight excluding hydrogens is 212 g/mol. The maximum absolute atomic E-state index is 5.52. The molecule has 0 saturated carbocycles. The summed E-state index contributed by atoms with van der Waals surface area (Å²) in [7, 11) is 0. The third-order valence-electron chi connectivity index (χ3n) is 2.95. The average Bonchev–Trinajstić information content (AvgIpc) is 2.35. The second-order valence-corrected chi connectivity index (χ2v) is 4.68. The van der Waals surface area contributed by atoms with E-state index in [0.29, 0.717) is 18.0 Å².